The van der Waals surface area contributed by atoms with Crippen LogP contribution >= 0.6 is 0 Å². The third-order valence-corrected chi connectivity index (χ3v) is 3.26. The summed E-state index contributed by atoms with van der Waals surface area (Å²) in [5.41, 5.74) is 1.70. The zero-order chi connectivity index (χ0) is 12.1. The SMILES string of the molecule is Cc1cc(OCC2CCNCC2)ccc1C#N. The van der Waals surface area contributed by atoms with E-state index in [-0.39, 0.29) is 0 Å². The molecule has 0 spiro atoms. The van der Waals surface area contributed by atoms with Crippen LogP contribution in [0.15, 0.2) is 18.2 Å². The van der Waals surface area contributed by atoms with E-state index in [0.29, 0.717) is 5.92 Å². The van der Waals surface area contributed by atoms with E-state index in [0.717, 1.165) is 36.6 Å². The van der Waals surface area contributed by atoms with E-state index in [1.54, 1.807) is 0 Å². The van der Waals surface area contributed by atoms with Gasteiger partial charge in [0, 0.05) is 0 Å². The maximum Gasteiger partial charge on any atom is 0.119 e. The standard InChI is InChI=1S/C14H18N2O/c1-11-8-14(3-2-13(11)9-15)17-10-12-4-6-16-7-5-12/h2-3,8,12,16H,4-7,10H2,1H3. The quantitative estimate of drug-likeness (QED) is 0.866. The smallest absolute Gasteiger partial charge is 0.119 e. The van der Waals surface area contributed by atoms with Crippen molar-refractivity contribution in [2.24, 2.45) is 5.92 Å². The van der Waals surface area contributed by atoms with Crippen LogP contribution in [0.25, 0.3) is 0 Å². The number of hydrogen-bond acceptors (Lipinski definition) is 3. The first kappa shape index (κ1) is 11.9. The van der Waals surface area contributed by atoms with E-state index in [2.05, 4.69) is 11.4 Å². The van der Waals surface area contributed by atoms with Gasteiger partial charge in [-0.1, -0.05) is 0 Å². The van der Waals surface area contributed by atoms with Crippen LogP contribution in [0, 0.1) is 24.2 Å². The van der Waals surface area contributed by atoms with Crippen LogP contribution in [0.1, 0.15) is 24.0 Å². The van der Waals surface area contributed by atoms with Gasteiger partial charge >= 0.3 is 0 Å². The van der Waals surface area contributed by atoms with Crippen LogP contribution in [0.5, 0.6) is 5.75 Å². The Kier molecular flexibility index (Phi) is 4.00. The van der Waals surface area contributed by atoms with Crippen molar-refractivity contribution in [1.82, 2.24) is 5.32 Å². The monoisotopic (exact) mass is 230 g/mol. The summed E-state index contributed by atoms with van der Waals surface area (Å²) in [4.78, 5) is 0. The molecule has 0 radical (unpaired) electrons. The summed E-state index contributed by atoms with van der Waals surface area (Å²) in [6.07, 6.45) is 2.38. The largest absolute Gasteiger partial charge is 0.493 e. The first-order chi connectivity index (χ1) is 8.29. The molecule has 0 bridgehead atoms. The van der Waals surface area contributed by atoms with E-state index in [1.165, 1.54) is 12.8 Å². The Labute approximate surface area is 102 Å². The van der Waals surface area contributed by atoms with Gasteiger partial charge in [0.1, 0.15) is 5.75 Å². The van der Waals surface area contributed by atoms with Gasteiger partial charge in [0.15, 0.2) is 0 Å². The lowest BCUT2D eigenvalue weighted by atomic mass is 9.99. The van der Waals surface area contributed by atoms with Crippen molar-refractivity contribution in [1.29, 1.82) is 5.26 Å². The molecule has 1 aliphatic rings. The van der Waals surface area contributed by atoms with Crippen LogP contribution in [0.2, 0.25) is 0 Å². The summed E-state index contributed by atoms with van der Waals surface area (Å²) in [6, 6.07) is 7.82. The van der Waals surface area contributed by atoms with Gasteiger partial charge in [-0.15, -0.1) is 0 Å². The fourth-order valence-corrected chi connectivity index (χ4v) is 2.11. The molecular formula is C14H18N2O. The molecule has 1 aliphatic heterocycles. The lowest BCUT2D eigenvalue weighted by Crippen LogP contribution is -2.30. The second kappa shape index (κ2) is 5.70. The summed E-state index contributed by atoms with van der Waals surface area (Å²) < 4.78 is 5.79. The third kappa shape index (κ3) is 3.21. The van der Waals surface area contributed by atoms with Gasteiger partial charge in [0.25, 0.3) is 0 Å². The minimum absolute atomic E-state index is 0.659. The Morgan fingerprint density at radius 1 is 1.41 bits per heavy atom. The molecule has 0 atom stereocenters. The molecule has 0 saturated carbocycles. The summed E-state index contributed by atoms with van der Waals surface area (Å²) in [5, 5.41) is 12.2. The minimum atomic E-state index is 0.659. The molecule has 1 fully saturated rings. The molecule has 0 aliphatic carbocycles. The maximum atomic E-state index is 8.85. The Hall–Kier alpha value is -1.53. The number of benzene rings is 1. The average molecular weight is 230 g/mol. The normalized spacial score (nSPS) is 16.5. The molecule has 0 unspecified atom stereocenters. The zero-order valence-corrected chi connectivity index (χ0v) is 10.2. The van der Waals surface area contributed by atoms with Gasteiger partial charge in [-0.05, 0) is 62.5 Å². The molecule has 17 heavy (non-hydrogen) atoms. The van der Waals surface area contributed by atoms with Gasteiger partial charge < -0.3 is 10.1 Å². The number of ether oxygens (including phenoxy) is 1. The van der Waals surface area contributed by atoms with Gasteiger partial charge in [0.05, 0.1) is 18.2 Å². The number of aryl methyl sites for hydroxylation is 1. The van der Waals surface area contributed by atoms with Gasteiger partial charge in [-0.25, -0.2) is 0 Å². The van der Waals surface area contributed by atoms with Crippen LogP contribution in [0.3, 0.4) is 0 Å². The van der Waals surface area contributed by atoms with Crippen molar-refractivity contribution in [2.75, 3.05) is 19.7 Å². The second-order valence-corrected chi connectivity index (χ2v) is 4.59. The Balaban J connectivity index is 1.90. The van der Waals surface area contributed by atoms with Crippen LogP contribution in [-0.2, 0) is 0 Å². The number of hydrogen-bond donors (Lipinski definition) is 1. The van der Waals surface area contributed by atoms with Crippen molar-refractivity contribution in [3.05, 3.63) is 29.3 Å². The van der Waals surface area contributed by atoms with Crippen molar-refractivity contribution in [3.8, 4) is 11.8 Å². The number of rotatable bonds is 3. The molecule has 90 valence electrons. The van der Waals surface area contributed by atoms with Crippen molar-refractivity contribution < 1.29 is 4.74 Å². The summed E-state index contributed by atoms with van der Waals surface area (Å²) in [5.74, 6) is 1.53. The van der Waals surface area contributed by atoms with Gasteiger partial charge in [-0.2, -0.15) is 5.26 Å². The molecule has 1 N–H and O–H groups in total. The van der Waals surface area contributed by atoms with Crippen LogP contribution < -0.4 is 10.1 Å². The predicted octanol–water partition coefficient (Wildman–Crippen LogP) is 2.25. The number of piperidine rings is 1. The fourth-order valence-electron chi connectivity index (χ4n) is 2.11. The van der Waals surface area contributed by atoms with E-state index >= 15 is 0 Å². The highest BCUT2D eigenvalue weighted by Crippen LogP contribution is 2.19. The highest BCUT2D eigenvalue weighted by Gasteiger charge is 2.13. The highest BCUT2D eigenvalue weighted by molar-refractivity contribution is 5.41. The van der Waals surface area contributed by atoms with Crippen LogP contribution in [0.4, 0.5) is 0 Å². The fraction of sp³-hybridized carbons (Fsp3) is 0.500. The Morgan fingerprint density at radius 2 is 2.18 bits per heavy atom. The van der Waals surface area contributed by atoms with E-state index < -0.39 is 0 Å². The van der Waals surface area contributed by atoms with Gasteiger partial charge in [0.2, 0.25) is 0 Å². The first-order valence-electron chi connectivity index (χ1n) is 6.14. The lowest BCUT2D eigenvalue weighted by Gasteiger charge is -2.22. The highest BCUT2D eigenvalue weighted by atomic mass is 16.5. The Morgan fingerprint density at radius 3 is 2.82 bits per heavy atom. The Bertz CT molecular complexity index is 417. The maximum absolute atomic E-state index is 8.85. The van der Waals surface area contributed by atoms with Gasteiger partial charge in [-0.3, -0.25) is 0 Å². The molecule has 3 nitrogen and oxygen atoms in total. The molecule has 2 rings (SSSR count). The van der Waals surface area contributed by atoms with E-state index in [9.17, 15) is 0 Å². The second-order valence-electron chi connectivity index (χ2n) is 4.59. The molecule has 0 amide bonds. The zero-order valence-electron chi connectivity index (χ0n) is 10.2. The van der Waals surface area contributed by atoms with Crippen molar-refractivity contribution >= 4 is 0 Å². The number of nitrogens with zero attached hydrogens (tertiary/aromatic N) is 1. The summed E-state index contributed by atoms with van der Waals surface area (Å²) in [6.45, 7) is 4.92. The summed E-state index contributed by atoms with van der Waals surface area (Å²) >= 11 is 0. The predicted molar refractivity (Wildman–Crippen MR) is 67.0 cm³/mol. The van der Waals surface area contributed by atoms with Crippen molar-refractivity contribution in [2.45, 2.75) is 19.8 Å². The molecule has 1 saturated heterocycles. The molecule has 1 heterocycles. The van der Waals surface area contributed by atoms with E-state index in [1.807, 2.05) is 25.1 Å². The first-order valence-corrected chi connectivity index (χ1v) is 6.14. The van der Waals surface area contributed by atoms with Crippen LogP contribution in [-0.4, -0.2) is 19.7 Å². The average Bonchev–Trinajstić information content (AvgIpc) is 2.38. The number of nitrogens with one attached hydrogen (secondary N) is 1. The minimum Gasteiger partial charge on any atom is -0.493 e. The third-order valence-electron chi connectivity index (χ3n) is 3.26. The molecular weight excluding hydrogens is 212 g/mol. The van der Waals surface area contributed by atoms with E-state index in [4.69, 9.17) is 10.00 Å². The number of nitriles is 1. The molecule has 1 aromatic rings. The molecule has 1 aromatic carbocycles. The molecule has 0 aromatic heterocycles. The molecule has 3 heteroatoms. The van der Waals surface area contributed by atoms with Crippen molar-refractivity contribution in [3.63, 3.8) is 0 Å². The lowest BCUT2D eigenvalue weighted by molar-refractivity contribution is 0.215. The topological polar surface area (TPSA) is 45.0 Å². The summed E-state index contributed by atoms with van der Waals surface area (Å²) in [7, 11) is 0.